The fourth-order valence-corrected chi connectivity index (χ4v) is 6.03. The van der Waals surface area contributed by atoms with Gasteiger partial charge in [-0.25, -0.2) is 0 Å². The van der Waals surface area contributed by atoms with Crippen molar-refractivity contribution >= 4 is 34.9 Å². The molecular formula is C25H33NO4S2. The monoisotopic (exact) mass is 475 g/mol. The minimum absolute atomic E-state index is 0.0329. The number of carbonyl (C=O) groups is 2. The van der Waals surface area contributed by atoms with E-state index in [1.165, 1.54) is 11.8 Å². The number of cyclic esters (lactones) is 1. The van der Waals surface area contributed by atoms with Gasteiger partial charge in [-0.05, 0) is 53.9 Å². The van der Waals surface area contributed by atoms with Crippen molar-refractivity contribution in [2.75, 3.05) is 0 Å². The van der Waals surface area contributed by atoms with Crippen molar-refractivity contribution in [1.82, 2.24) is 4.98 Å². The molecule has 0 bridgehead atoms. The predicted octanol–water partition coefficient (Wildman–Crippen LogP) is 5.25. The maximum Gasteiger partial charge on any atom is 0.327 e. The van der Waals surface area contributed by atoms with E-state index in [0.29, 0.717) is 6.42 Å². The van der Waals surface area contributed by atoms with Crippen LogP contribution in [-0.2, 0) is 32.8 Å². The smallest absolute Gasteiger partial charge is 0.327 e. The Kier molecular flexibility index (Phi) is 7.52. The van der Waals surface area contributed by atoms with Gasteiger partial charge >= 0.3 is 5.97 Å². The van der Waals surface area contributed by atoms with Gasteiger partial charge in [-0.3, -0.25) is 14.6 Å². The Morgan fingerprint density at radius 2 is 2.03 bits per heavy atom. The maximum atomic E-state index is 13.3. The maximum absolute atomic E-state index is 13.3. The number of Topliss-reactive ketones (excluding diaryl/α,β-unsaturated/α-hetero) is 1. The van der Waals surface area contributed by atoms with Gasteiger partial charge in [0.2, 0.25) is 0 Å². The molecular weight excluding hydrogens is 442 g/mol. The van der Waals surface area contributed by atoms with Crippen molar-refractivity contribution in [2.45, 2.75) is 88.6 Å². The van der Waals surface area contributed by atoms with Gasteiger partial charge in [0, 0.05) is 22.4 Å². The van der Waals surface area contributed by atoms with E-state index < -0.39 is 16.8 Å². The van der Waals surface area contributed by atoms with Gasteiger partial charge in [0.15, 0.2) is 11.0 Å². The van der Waals surface area contributed by atoms with Crippen LogP contribution in [0, 0.1) is 12.8 Å². The van der Waals surface area contributed by atoms with Crippen molar-refractivity contribution in [3.63, 3.8) is 0 Å². The first-order chi connectivity index (χ1) is 15.0. The molecule has 32 heavy (non-hydrogen) atoms. The van der Waals surface area contributed by atoms with Gasteiger partial charge in [0.05, 0.1) is 12.1 Å². The molecule has 0 radical (unpaired) electrons. The molecule has 1 aliphatic rings. The van der Waals surface area contributed by atoms with Crippen molar-refractivity contribution in [3.05, 3.63) is 45.4 Å². The summed E-state index contributed by atoms with van der Waals surface area (Å²) in [6.07, 6.45) is 3.40. The van der Waals surface area contributed by atoms with E-state index in [9.17, 15) is 14.7 Å². The van der Waals surface area contributed by atoms with Gasteiger partial charge in [-0.15, -0.1) is 23.1 Å². The first-order valence-electron chi connectivity index (χ1n) is 11.0. The number of aryl methyl sites for hydroxylation is 2. The lowest BCUT2D eigenvalue weighted by atomic mass is 9.79. The number of carbonyl (C=O) groups excluding carboxylic acids is 2. The molecule has 1 aromatic carbocycles. The van der Waals surface area contributed by atoms with Gasteiger partial charge in [0.1, 0.15) is 5.60 Å². The van der Waals surface area contributed by atoms with Crippen LogP contribution in [0.15, 0.2) is 28.7 Å². The van der Waals surface area contributed by atoms with E-state index in [-0.39, 0.29) is 30.1 Å². The number of aliphatic hydroxyl groups is 1. The Bertz CT molecular complexity index is 959. The third-order valence-electron chi connectivity index (χ3n) is 6.28. The first kappa shape index (κ1) is 24.9. The van der Waals surface area contributed by atoms with Crippen LogP contribution in [-0.4, -0.2) is 32.7 Å². The summed E-state index contributed by atoms with van der Waals surface area (Å²) in [7, 11) is 0. The zero-order chi connectivity index (χ0) is 23.7. The number of nitrogens with zero attached hydrogens (tertiary/aromatic N) is 1. The van der Waals surface area contributed by atoms with Gasteiger partial charge in [0.25, 0.3) is 0 Å². The van der Waals surface area contributed by atoms with E-state index in [1.54, 1.807) is 16.8 Å². The van der Waals surface area contributed by atoms with Crippen LogP contribution in [0.4, 0.5) is 0 Å². The second-order valence-electron chi connectivity index (χ2n) is 9.93. The number of hydrogen-bond acceptors (Lipinski definition) is 7. The number of aliphatic hydroxyl groups excluding tert-OH is 1. The van der Waals surface area contributed by atoms with Crippen LogP contribution in [0.2, 0.25) is 0 Å². The summed E-state index contributed by atoms with van der Waals surface area (Å²) in [5, 5.41) is 8.83. The van der Waals surface area contributed by atoms with E-state index >= 15 is 0 Å². The van der Waals surface area contributed by atoms with Crippen LogP contribution in [0.3, 0.4) is 0 Å². The molecule has 174 valence electrons. The predicted molar refractivity (Wildman–Crippen MR) is 129 cm³/mol. The summed E-state index contributed by atoms with van der Waals surface area (Å²) in [6.45, 7) is 12.2. The van der Waals surface area contributed by atoms with Crippen LogP contribution in [0.1, 0.15) is 69.0 Å². The third-order valence-corrected chi connectivity index (χ3v) is 8.40. The highest BCUT2D eigenvalue weighted by Crippen LogP contribution is 2.42. The Hall–Kier alpha value is -1.70. The lowest BCUT2D eigenvalue weighted by Gasteiger charge is -2.41. The van der Waals surface area contributed by atoms with E-state index in [4.69, 9.17) is 4.74 Å². The lowest BCUT2D eigenvalue weighted by molar-refractivity contribution is -0.176. The number of esters is 1. The number of ketones is 1. The average Bonchev–Trinajstić information content (AvgIpc) is 3.22. The van der Waals surface area contributed by atoms with Crippen molar-refractivity contribution < 1.29 is 19.4 Å². The first-order valence-corrected chi connectivity index (χ1v) is 12.8. The largest absolute Gasteiger partial charge is 0.457 e. The number of thioether (sulfide) groups is 1. The quantitative estimate of drug-likeness (QED) is 0.436. The van der Waals surface area contributed by atoms with Crippen LogP contribution in [0.5, 0.6) is 0 Å². The molecule has 1 N–H and O–H groups in total. The zero-order valence-corrected chi connectivity index (χ0v) is 21.4. The highest BCUT2D eigenvalue weighted by atomic mass is 32.2. The van der Waals surface area contributed by atoms with Crippen LogP contribution in [0.25, 0.3) is 0 Å². The summed E-state index contributed by atoms with van der Waals surface area (Å²) in [5.41, 5.74) is 3.64. The van der Waals surface area contributed by atoms with Gasteiger partial charge in [-0.2, -0.15) is 0 Å². The molecule has 2 aromatic rings. The van der Waals surface area contributed by atoms with E-state index in [1.807, 2.05) is 39.1 Å². The summed E-state index contributed by atoms with van der Waals surface area (Å²) in [5.74, 6) is -0.494. The number of benzene rings is 1. The average molecular weight is 476 g/mol. The van der Waals surface area contributed by atoms with E-state index in [0.717, 1.165) is 32.9 Å². The third kappa shape index (κ3) is 5.26. The summed E-state index contributed by atoms with van der Waals surface area (Å²) < 4.78 is 6.05. The van der Waals surface area contributed by atoms with Crippen molar-refractivity contribution in [2.24, 2.45) is 5.92 Å². The summed E-state index contributed by atoms with van der Waals surface area (Å²) in [4.78, 5) is 32.6. The number of hydrogen-bond donors (Lipinski definition) is 1. The Labute approximate surface area is 199 Å². The molecule has 2 unspecified atom stereocenters. The molecule has 2 heterocycles. The number of rotatable bonds is 7. The Morgan fingerprint density at radius 1 is 1.31 bits per heavy atom. The molecule has 0 aliphatic carbocycles. The summed E-state index contributed by atoms with van der Waals surface area (Å²) >= 11 is 2.86. The molecule has 1 fully saturated rings. The normalized spacial score (nSPS) is 21.8. The SMILES string of the molecule is Cc1cc(SC2C(=O)CC(CCc3cncs3)(C(C)C)OC2=O)c(C(C)(C)C)cc1CO. The molecule has 1 saturated heterocycles. The fourth-order valence-electron chi connectivity index (χ4n) is 4.08. The molecule has 0 saturated carbocycles. The van der Waals surface area contributed by atoms with E-state index in [2.05, 4.69) is 25.8 Å². The van der Waals surface area contributed by atoms with Crippen molar-refractivity contribution in [3.8, 4) is 0 Å². The molecule has 1 aliphatic heterocycles. The highest BCUT2D eigenvalue weighted by molar-refractivity contribution is 8.01. The minimum Gasteiger partial charge on any atom is -0.457 e. The highest BCUT2D eigenvalue weighted by Gasteiger charge is 2.49. The summed E-state index contributed by atoms with van der Waals surface area (Å²) in [6, 6.07) is 3.97. The second kappa shape index (κ2) is 9.65. The molecule has 0 amide bonds. The number of thiazole rings is 1. The number of ether oxygens (including phenoxy) is 1. The molecule has 3 rings (SSSR count). The Balaban J connectivity index is 1.85. The zero-order valence-electron chi connectivity index (χ0n) is 19.7. The van der Waals surface area contributed by atoms with Crippen molar-refractivity contribution in [1.29, 1.82) is 0 Å². The number of aromatic nitrogens is 1. The molecule has 5 nitrogen and oxygen atoms in total. The molecule has 7 heteroatoms. The second-order valence-corrected chi connectivity index (χ2v) is 12.1. The molecule has 0 spiro atoms. The van der Waals surface area contributed by atoms with Gasteiger partial charge < -0.3 is 9.84 Å². The Morgan fingerprint density at radius 3 is 2.56 bits per heavy atom. The molecule has 1 aromatic heterocycles. The van der Waals surface area contributed by atoms with Gasteiger partial charge in [-0.1, -0.05) is 40.7 Å². The minimum atomic E-state index is -0.870. The standard InChI is InChI=1S/C25H33NO4S2/c1-15(2)25(8-7-18-12-26-14-31-18)11-20(28)22(23(29)30-25)32-21-9-16(3)17(13-27)10-19(21)24(4,5)6/h9-10,12,14-15,22,27H,7-8,11,13H2,1-6H3. The molecule has 2 atom stereocenters. The topological polar surface area (TPSA) is 76.5 Å². The van der Waals surface area contributed by atoms with Crippen LogP contribution < -0.4 is 0 Å². The van der Waals surface area contributed by atoms with Crippen LogP contribution >= 0.6 is 23.1 Å². The lowest BCUT2D eigenvalue weighted by Crippen LogP contribution is -2.52. The fraction of sp³-hybridized carbons (Fsp3) is 0.560.